The average molecular weight is 644 g/mol. The van der Waals surface area contributed by atoms with Crippen molar-refractivity contribution in [3.05, 3.63) is 60.8 Å². The minimum atomic E-state index is -0.685. The maximum Gasteiger partial charge on any atom is 0.435 e. The number of likely N-dealkylation sites (N-methyl/N-ethyl adjacent to an activating group) is 1. The van der Waals surface area contributed by atoms with E-state index in [2.05, 4.69) is 47.5 Å². The van der Waals surface area contributed by atoms with Crippen molar-refractivity contribution in [3.8, 4) is 11.3 Å². The Hall–Kier alpha value is -4.92. The molecule has 0 saturated carbocycles. The Morgan fingerprint density at radius 2 is 1.89 bits per heavy atom. The number of H-pyrrole nitrogens is 1. The molecule has 1 aliphatic heterocycles. The average Bonchev–Trinajstić information content (AvgIpc) is 3.66. The molecule has 0 bridgehead atoms. The van der Waals surface area contributed by atoms with E-state index in [-0.39, 0.29) is 24.2 Å². The number of amides is 1. The van der Waals surface area contributed by atoms with Gasteiger partial charge in [0.05, 0.1) is 35.7 Å². The van der Waals surface area contributed by atoms with Crippen LogP contribution in [0.15, 0.2) is 55.0 Å². The number of carbonyl (C=O) groups excluding carboxylic acids is 2. The molecule has 3 aromatic heterocycles. The summed E-state index contributed by atoms with van der Waals surface area (Å²) in [6.07, 6.45) is 3.74. The highest BCUT2D eigenvalue weighted by molar-refractivity contribution is 6.06. The van der Waals surface area contributed by atoms with Gasteiger partial charge in [0.1, 0.15) is 17.3 Å². The summed E-state index contributed by atoms with van der Waals surface area (Å²) in [6, 6.07) is 10.3. The number of rotatable bonds is 8. The van der Waals surface area contributed by atoms with Crippen molar-refractivity contribution in [3.63, 3.8) is 0 Å². The molecule has 0 unspecified atom stereocenters. The number of aromatic nitrogens is 5. The van der Waals surface area contributed by atoms with Crippen LogP contribution in [0, 0.1) is 5.82 Å². The first-order chi connectivity index (χ1) is 22.5. The van der Waals surface area contributed by atoms with Gasteiger partial charge >= 0.3 is 6.09 Å². The number of anilines is 3. The number of halogens is 1. The molecule has 1 saturated heterocycles. The fourth-order valence-electron chi connectivity index (χ4n) is 5.60. The fraction of sp³-hybridized carbons (Fsp3) is 0.364. The van der Waals surface area contributed by atoms with Gasteiger partial charge in [-0.2, -0.15) is 9.78 Å². The number of methoxy groups -OCH3 is 1. The van der Waals surface area contributed by atoms with Gasteiger partial charge in [-0.3, -0.25) is 9.69 Å². The lowest BCUT2D eigenvalue weighted by Gasteiger charge is -2.36. The first-order valence-corrected chi connectivity index (χ1v) is 15.3. The second kappa shape index (κ2) is 13.1. The zero-order valence-electron chi connectivity index (χ0n) is 27.0. The molecule has 1 atom stereocenters. The number of benzene rings is 2. The zero-order valence-corrected chi connectivity index (χ0v) is 27.0. The minimum absolute atomic E-state index is 0.0757. The number of aromatic amines is 1. The molecular weight excluding hydrogens is 605 g/mol. The summed E-state index contributed by atoms with van der Waals surface area (Å²) in [5.74, 6) is -0.637. The van der Waals surface area contributed by atoms with Crippen molar-refractivity contribution in [1.29, 1.82) is 0 Å². The highest BCUT2D eigenvalue weighted by atomic mass is 19.1. The molecule has 246 valence electrons. The second-order valence-corrected chi connectivity index (χ2v) is 12.6. The van der Waals surface area contributed by atoms with Gasteiger partial charge in [-0.15, -0.1) is 0 Å². The zero-order chi connectivity index (χ0) is 33.3. The molecule has 1 amide bonds. The van der Waals surface area contributed by atoms with Gasteiger partial charge in [0.25, 0.3) is 0 Å². The minimum Gasteiger partial charge on any atom is -0.442 e. The number of hydrogen-bond acceptors (Lipinski definition) is 10. The molecule has 2 aromatic carbocycles. The first kappa shape index (κ1) is 32.0. The van der Waals surface area contributed by atoms with Crippen molar-refractivity contribution in [2.45, 2.75) is 32.4 Å². The maximum absolute atomic E-state index is 15.3. The third-order valence-corrected chi connectivity index (χ3v) is 7.97. The molecule has 3 N–H and O–H groups in total. The summed E-state index contributed by atoms with van der Waals surface area (Å²) < 4.78 is 27.3. The van der Waals surface area contributed by atoms with E-state index in [1.807, 2.05) is 6.07 Å². The third kappa shape index (κ3) is 6.94. The van der Waals surface area contributed by atoms with E-state index in [0.29, 0.717) is 33.4 Å². The first-order valence-electron chi connectivity index (χ1n) is 15.3. The van der Waals surface area contributed by atoms with Crippen molar-refractivity contribution in [2.24, 2.45) is 0 Å². The number of carbonyl (C=O) groups is 2. The number of ether oxygens (including phenoxy) is 2. The Labute approximate surface area is 271 Å². The predicted octanol–water partition coefficient (Wildman–Crippen LogP) is 4.84. The van der Waals surface area contributed by atoms with Crippen LogP contribution in [-0.4, -0.2) is 105 Å². The Morgan fingerprint density at radius 3 is 2.64 bits per heavy atom. The van der Waals surface area contributed by atoms with E-state index in [0.717, 1.165) is 37.8 Å². The van der Waals surface area contributed by atoms with Gasteiger partial charge in [-0.25, -0.2) is 19.2 Å². The lowest BCUT2D eigenvalue weighted by Crippen LogP contribution is -2.54. The molecule has 1 aliphatic rings. The SMILES string of the molecule is COC[C@H](C(=O)Nc1cccc2c(-c3nc(Nc4ccc5cnn(C(=O)OC(C)(C)C)c5c4)ncc3F)c[nH]c12)N1CCN(C)CC1. The molecule has 0 radical (unpaired) electrons. The topological polar surface area (TPSA) is 143 Å². The summed E-state index contributed by atoms with van der Waals surface area (Å²) in [6.45, 7) is 8.88. The molecule has 4 heterocycles. The van der Waals surface area contributed by atoms with Crippen LogP contribution in [0.3, 0.4) is 0 Å². The Balaban J connectivity index is 1.25. The van der Waals surface area contributed by atoms with Crippen LogP contribution in [0.2, 0.25) is 0 Å². The smallest absolute Gasteiger partial charge is 0.435 e. The summed E-state index contributed by atoms with van der Waals surface area (Å²) >= 11 is 0. The van der Waals surface area contributed by atoms with Gasteiger partial charge < -0.3 is 30.0 Å². The highest BCUT2D eigenvalue weighted by Crippen LogP contribution is 2.33. The fourth-order valence-corrected chi connectivity index (χ4v) is 5.60. The molecule has 1 fully saturated rings. The van der Waals surface area contributed by atoms with Gasteiger partial charge in [0.2, 0.25) is 11.9 Å². The lowest BCUT2D eigenvalue weighted by atomic mass is 10.1. The van der Waals surface area contributed by atoms with Crippen LogP contribution in [-0.2, 0) is 14.3 Å². The van der Waals surface area contributed by atoms with E-state index in [4.69, 9.17) is 9.47 Å². The second-order valence-electron chi connectivity index (χ2n) is 12.6. The molecule has 6 rings (SSSR count). The van der Waals surface area contributed by atoms with Crippen LogP contribution in [0.25, 0.3) is 33.1 Å². The van der Waals surface area contributed by atoms with Gasteiger partial charge in [-0.1, -0.05) is 12.1 Å². The van der Waals surface area contributed by atoms with Gasteiger partial charge in [0, 0.05) is 61.5 Å². The predicted molar refractivity (Wildman–Crippen MR) is 177 cm³/mol. The molecule has 14 heteroatoms. The lowest BCUT2D eigenvalue weighted by molar-refractivity contribution is -0.124. The number of nitrogens with zero attached hydrogens (tertiary/aromatic N) is 6. The molecular formula is C33H38FN9O4. The molecule has 0 spiro atoms. The summed E-state index contributed by atoms with van der Waals surface area (Å²) in [5, 5.41) is 11.8. The number of nitrogens with one attached hydrogen (secondary N) is 3. The van der Waals surface area contributed by atoms with Crippen molar-refractivity contribution < 1.29 is 23.5 Å². The van der Waals surface area contributed by atoms with Crippen molar-refractivity contribution >= 4 is 51.1 Å². The molecule has 47 heavy (non-hydrogen) atoms. The van der Waals surface area contributed by atoms with Crippen molar-refractivity contribution in [1.82, 2.24) is 34.5 Å². The Morgan fingerprint density at radius 1 is 1.11 bits per heavy atom. The number of fused-ring (bicyclic) bond motifs is 2. The number of piperazine rings is 1. The van der Waals surface area contributed by atoms with Crippen LogP contribution in [0.5, 0.6) is 0 Å². The Bertz CT molecular complexity index is 1920. The number of para-hydroxylation sites is 1. The monoisotopic (exact) mass is 643 g/mol. The molecule has 5 aromatic rings. The maximum atomic E-state index is 15.3. The third-order valence-electron chi connectivity index (χ3n) is 7.97. The summed E-state index contributed by atoms with van der Waals surface area (Å²) in [4.78, 5) is 42.4. The van der Waals surface area contributed by atoms with E-state index >= 15 is 4.39 Å². The van der Waals surface area contributed by atoms with E-state index in [1.165, 1.54) is 4.68 Å². The highest BCUT2D eigenvalue weighted by Gasteiger charge is 2.29. The number of hydrogen-bond donors (Lipinski definition) is 3. The van der Waals surface area contributed by atoms with Crippen LogP contribution in [0.1, 0.15) is 20.8 Å². The van der Waals surface area contributed by atoms with Crippen molar-refractivity contribution in [2.75, 3.05) is 57.6 Å². The van der Waals surface area contributed by atoms with Crippen LogP contribution >= 0.6 is 0 Å². The van der Waals surface area contributed by atoms with E-state index in [9.17, 15) is 9.59 Å². The largest absolute Gasteiger partial charge is 0.442 e. The van der Waals surface area contributed by atoms with Gasteiger partial charge in [-0.05, 0) is 52.1 Å². The summed E-state index contributed by atoms with van der Waals surface area (Å²) in [7, 11) is 3.65. The quantitative estimate of drug-likeness (QED) is 0.215. The normalized spacial score (nSPS) is 15.2. The van der Waals surface area contributed by atoms with Gasteiger partial charge in [0.15, 0.2) is 5.82 Å². The van der Waals surface area contributed by atoms with E-state index in [1.54, 1.807) is 70.6 Å². The summed E-state index contributed by atoms with van der Waals surface area (Å²) in [5.41, 5.74) is 2.19. The van der Waals surface area contributed by atoms with E-state index < -0.39 is 23.6 Å². The molecule has 13 nitrogen and oxygen atoms in total. The standard InChI is InChI=1S/C33H38FN9O4/c1-33(2,3)47-32(45)43-26-15-21(10-9-20(26)16-37-43)38-31-36-18-24(34)28(40-31)23-17-35-29-22(23)7-6-8-25(29)39-30(44)27(19-46-5)42-13-11-41(4)12-14-42/h6-10,15-18,27,35H,11-14,19H2,1-5H3,(H,39,44)(H,36,38,40)/t27-/m1/s1. The Kier molecular flexibility index (Phi) is 8.90. The van der Waals surface area contributed by atoms with Crippen LogP contribution in [0.4, 0.5) is 26.5 Å². The molecule has 0 aliphatic carbocycles. The van der Waals surface area contributed by atoms with Crippen LogP contribution < -0.4 is 10.6 Å².